The largest absolute Gasteiger partial charge is 0.471 e. The lowest BCUT2D eigenvalue weighted by Crippen LogP contribution is -2.43. The fraction of sp³-hybridized carbons (Fsp3) is 0.435. The van der Waals surface area contributed by atoms with Crippen molar-refractivity contribution in [3.63, 3.8) is 0 Å². The van der Waals surface area contributed by atoms with Crippen molar-refractivity contribution in [2.45, 2.75) is 25.4 Å². The fourth-order valence-corrected chi connectivity index (χ4v) is 3.85. The molecule has 1 unspecified atom stereocenters. The third-order valence-electron chi connectivity index (χ3n) is 5.44. The number of fused-ring (bicyclic) bond motifs is 1. The summed E-state index contributed by atoms with van der Waals surface area (Å²) in [7, 11) is 0. The number of hydrogen-bond donors (Lipinski definition) is 1. The van der Waals surface area contributed by atoms with Gasteiger partial charge < -0.3 is 14.8 Å². The van der Waals surface area contributed by atoms with Gasteiger partial charge in [0.2, 0.25) is 11.8 Å². The number of nitrogens with one attached hydrogen (secondary N) is 1. The normalized spacial score (nSPS) is 17.0. The Hall–Kier alpha value is -2.91. The molecule has 2 aliphatic heterocycles. The Balaban J connectivity index is 1.39. The van der Waals surface area contributed by atoms with Crippen LogP contribution in [0, 0.1) is 0 Å². The van der Waals surface area contributed by atoms with Gasteiger partial charge in [-0.25, -0.2) is 13.8 Å². The summed E-state index contributed by atoms with van der Waals surface area (Å²) in [6.45, 7) is 3.39. The molecule has 0 spiro atoms. The first-order valence-electron chi connectivity index (χ1n) is 10.7. The predicted molar refractivity (Wildman–Crippen MR) is 115 cm³/mol. The lowest BCUT2D eigenvalue weighted by atomic mass is 10.1. The van der Waals surface area contributed by atoms with Gasteiger partial charge in [0.15, 0.2) is 6.61 Å². The Labute approximate surface area is 185 Å². The minimum atomic E-state index is -2.56. The molecule has 170 valence electrons. The lowest BCUT2D eigenvalue weighted by Gasteiger charge is -2.31. The number of pyridine rings is 1. The van der Waals surface area contributed by atoms with Crippen LogP contribution in [0.15, 0.2) is 47.6 Å². The first-order valence-corrected chi connectivity index (χ1v) is 10.7. The second-order valence-corrected chi connectivity index (χ2v) is 7.78. The van der Waals surface area contributed by atoms with E-state index in [1.807, 2.05) is 30.3 Å². The van der Waals surface area contributed by atoms with Crippen LogP contribution in [-0.4, -0.2) is 67.6 Å². The van der Waals surface area contributed by atoms with E-state index in [0.717, 1.165) is 24.2 Å². The molecule has 7 nitrogen and oxygen atoms in total. The molecule has 2 aromatic rings. The Morgan fingerprint density at radius 3 is 2.75 bits per heavy atom. The number of benzene rings is 1. The van der Waals surface area contributed by atoms with E-state index in [2.05, 4.69) is 20.2 Å². The molecule has 0 bridgehead atoms. The highest BCUT2D eigenvalue weighted by atomic mass is 19.3. The van der Waals surface area contributed by atoms with E-state index < -0.39 is 13.0 Å². The van der Waals surface area contributed by atoms with Crippen molar-refractivity contribution in [2.24, 2.45) is 4.99 Å². The summed E-state index contributed by atoms with van der Waals surface area (Å²) >= 11 is 0. The fourth-order valence-electron chi connectivity index (χ4n) is 3.85. The van der Waals surface area contributed by atoms with Crippen molar-refractivity contribution >= 4 is 11.8 Å². The number of ether oxygens (including phenoxy) is 2. The van der Waals surface area contributed by atoms with E-state index in [1.165, 1.54) is 6.20 Å². The summed E-state index contributed by atoms with van der Waals surface area (Å²) in [5.41, 5.74) is 3.07. The Kier molecular flexibility index (Phi) is 7.39. The minimum absolute atomic E-state index is 0.118. The quantitative estimate of drug-likeness (QED) is 0.677. The van der Waals surface area contributed by atoms with Crippen LogP contribution in [-0.2, 0) is 27.2 Å². The van der Waals surface area contributed by atoms with Crippen LogP contribution in [0.25, 0.3) is 0 Å². The van der Waals surface area contributed by atoms with Crippen molar-refractivity contribution in [1.29, 1.82) is 0 Å². The molecule has 1 amide bonds. The predicted octanol–water partition coefficient (Wildman–Crippen LogP) is 2.36. The molecule has 1 fully saturated rings. The van der Waals surface area contributed by atoms with Crippen molar-refractivity contribution in [1.82, 2.24) is 15.2 Å². The minimum Gasteiger partial charge on any atom is -0.471 e. The van der Waals surface area contributed by atoms with Crippen LogP contribution < -0.4 is 5.32 Å². The zero-order chi connectivity index (χ0) is 22.3. The van der Waals surface area contributed by atoms with E-state index >= 15 is 0 Å². The topological polar surface area (TPSA) is 76.0 Å². The number of aromatic nitrogens is 1. The van der Waals surface area contributed by atoms with Crippen LogP contribution in [0.3, 0.4) is 0 Å². The lowest BCUT2D eigenvalue weighted by molar-refractivity contribution is -0.121. The first kappa shape index (κ1) is 22.3. The highest BCUT2D eigenvalue weighted by molar-refractivity contribution is 5.97. The number of carbonyl (C=O) groups excluding carboxylic acids is 1. The van der Waals surface area contributed by atoms with Gasteiger partial charge in [0.1, 0.15) is 0 Å². The van der Waals surface area contributed by atoms with E-state index in [1.54, 1.807) is 6.07 Å². The smallest absolute Gasteiger partial charge is 0.272 e. The zero-order valence-electron chi connectivity index (χ0n) is 17.7. The molecular weight excluding hydrogens is 418 g/mol. The van der Waals surface area contributed by atoms with E-state index in [-0.39, 0.29) is 24.3 Å². The van der Waals surface area contributed by atoms with Gasteiger partial charge in [0.05, 0.1) is 43.5 Å². The van der Waals surface area contributed by atoms with Crippen LogP contribution in [0.5, 0.6) is 0 Å². The number of morpholine rings is 1. The molecule has 1 atom stereocenters. The molecular formula is C23H26F2N4O3. The van der Waals surface area contributed by atoms with Gasteiger partial charge >= 0.3 is 0 Å². The number of rotatable bonds is 8. The summed E-state index contributed by atoms with van der Waals surface area (Å²) in [5.74, 6) is 0.0473. The molecule has 9 heteroatoms. The third-order valence-corrected chi connectivity index (χ3v) is 5.44. The van der Waals surface area contributed by atoms with E-state index in [9.17, 15) is 13.6 Å². The monoisotopic (exact) mass is 444 g/mol. The number of aliphatic imine (C=N–C) groups is 1. The molecule has 1 saturated heterocycles. The van der Waals surface area contributed by atoms with Crippen molar-refractivity contribution in [2.75, 3.05) is 39.5 Å². The zero-order valence-corrected chi connectivity index (χ0v) is 17.7. The van der Waals surface area contributed by atoms with Crippen LogP contribution in [0.4, 0.5) is 8.78 Å². The maximum atomic E-state index is 12.8. The van der Waals surface area contributed by atoms with Gasteiger partial charge in [-0.05, 0) is 17.2 Å². The average molecular weight is 444 g/mol. The molecule has 1 aromatic carbocycles. The maximum Gasteiger partial charge on any atom is 0.272 e. The maximum absolute atomic E-state index is 12.8. The number of nitrogens with zero attached hydrogens (tertiary/aromatic N) is 3. The van der Waals surface area contributed by atoms with Gasteiger partial charge in [0.25, 0.3) is 6.43 Å². The number of carbonyl (C=O) groups is 1. The van der Waals surface area contributed by atoms with Crippen molar-refractivity contribution in [3.05, 3.63) is 65.0 Å². The highest BCUT2D eigenvalue weighted by Crippen LogP contribution is 2.21. The van der Waals surface area contributed by atoms with E-state index in [4.69, 9.17) is 9.47 Å². The van der Waals surface area contributed by atoms with Crippen LogP contribution in [0.2, 0.25) is 0 Å². The molecule has 3 heterocycles. The molecule has 2 aliphatic rings. The van der Waals surface area contributed by atoms with Gasteiger partial charge in [-0.15, -0.1) is 0 Å². The molecule has 0 saturated carbocycles. The second-order valence-electron chi connectivity index (χ2n) is 7.78. The highest BCUT2D eigenvalue weighted by Gasteiger charge is 2.22. The van der Waals surface area contributed by atoms with Gasteiger partial charge in [0, 0.05) is 25.8 Å². The van der Waals surface area contributed by atoms with Crippen molar-refractivity contribution < 1.29 is 23.0 Å². The average Bonchev–Trinajstić information content (AvgIpc) is 3.20. The Bertz CT molecular complexity index is 950. The van der Waals surface area contributed by atoms with Gasteiger partial charge in [-0.3, -0.25) is 14.7 Å². The standard InChI is InChI=1S/C23H26F2N4O3/c24-21(25)15-32-23-19-13-26-18(10-17(19)12-27-23)11-22(30)28-20(16-4-2-1-3-5-16)14-29-6-8-31-9-7-29/h1-5,10,13,20-21H,6-9,11-12,14-15H2,(H,28,30). The molecule has 1 N–H and O–H groups in total. The van der Waals surface area contributed by atoms with Crippen LogP contribution >= 0.6 is 0 Å². The first-order chi connectivity index (χ1) is 15.6. The molecule has 1 aromatic heterocycles. The summed E-state index contributed by atoms with van der Waals surface area (Å²) in [5, 5.41) is 3.14. The summed E-state index contributed by atoms with van der Waals surface area (Å²) in [6.07, 6.45) is -0.905. The second kappa shape index (κ2) is 10.6. The van der Waals surface area contributed by atoms with E-state index in [0.29, 0.717) is 37.6 Å². The molecule has 4 rings (SSSR count). The van der Waals surface area contributed by atoms with Crippen LogP contribution in [0.1, 0.15) is 28.4 Å². The SMILES string of the molecule is O=C(Cc1cc2c(cn1)C(OCC(F)F)=NC2)NC(CN1CCOCC1)c1ccccc1. The Morgan fingerprint density at radius 1 is 1.22 bits per heavy atom. The Morgan fingerprint density at radius 2 is 2.00 bits per heavy atom. The van der Waals surface area contributed by atoms with Gasteiger partial charge in [-0.1, -0.05) is 30.3 Å². The number of hydrogen-bond acceptors (Lipinski definition) is 6. The summed E-state index contributed by atoms with van der Waals surface area (Å²) < 4.78 is 35.3. The molecule has 0 aliphatic carbocycles. The molecule has 32 heavy (non-hydrogen) atoms. The summed E-state index contributed by atoms with van der Waals surface area (Å²) in [6, 6.07) is 11.5. The summed E-state index contributed by atoms with van der Waals surface area (Å²) in [4.78, 5) is 23.6. The number of amides is 1. The van der Waals surface area contributed by atoms with Crippen molar-refractivity contribution in [3.8, 4) is 0 Å². The van der Waals surface area contributed by atoms with Gasteiger partial charge in [-0.2, -0.15) is 0 Å². The number of halogens is 2. The molecule has 0 radical (unpaired) electrons. The third kappa shape index (κ3) is 5.86. The number of alkyl halides is 2.